The highest BCUT2D eigenvalue weighted by molar-refractivity contribution is 8.39. The van der Waals surface area contributed by atoms with E-state index in [1.807, 2.05) is 0 Å². The molecule has 3 aromatic rings. The molecular formula is C27H35FN10O9P2S2+2. The third-order valence-electron chi connectivity index (χ3n) is 8.76. The van der Waals surface area contributed by atoms with Crippen LogP contribution in [0.3, 0.4) is 0 Å². The summed E-state index contributed by atoms with van der Waals surface area (Å²) in [5.74, 6) is 1.11. The maximum Gasteiger partial charge on any atom is 0.582 e. The zero-order valence-electron chi connectivity index (χ0n) is 27.0. The van der Waals surface area contributed by atoms with Crippen molar-refractivity contribution in [2.24, 2.45) is 9.98 Å². The quantitative estimate of drug-likeness (QED) is 0.0427. The first-order valence-corrected chi connectivity index (χ1v) is 20.1. The number of halogens is 1. The van der Waals surface area contributed by atoms with E-state index in [-0.39, 0.29) is 18.0 Å². The van der Waals surface area contributed by atoms with Crippen molar-refractivity contribution >= 4 is 74.3 Å². The van der Waals surface area contributed by atoms with Crippen LogP contribution in [-0.4, -0.2) is 127 Å². The fourth-order valence-electron chi connectivity index (χ4n) is 6.40. The molecule has 6 heterocycles. The van der Waals surface area contributed by atoms with E-state index in [4.69, 9.17) is 23.3 Å². The van der Waals surface area contributed by atoms with Crippen molar-refractivity contribution in [2.75, 3.05) is 44.0 Å². The second kappa shape index (κ2) is 15.9. The van der Waals surface area contributed by atoms with Gasteiger partial charge in [-0.2, -0.15) is 0 Å². The number of aliphatic hydroxyl groups excluding tert-OH is 2. The molecule has 24 heteroatoms. The van der Waals surface area contributed by atoms with Crippen LogP contribution in [0.1, 0.15) is 25.1 Å². The molecule has 0 saturated carbocycles. The first-order chi connectivity index (χ1) is 24.6. The Bertz CT molecular complexity index is 1850. The average molecular weight is 789 g/mol. The molecule has 0 aliphatic carbocycles. The van der Waals surface area contributed by atoms with E-state index in [1.165, 1.54) is 23.5 Å². The van der Waals surface area contributed by atoms with Crippen molar-refractivity contribution < 1.29 is 47.0 Å². The molecule has 11 atom stereocenters. The number of nitrogens with zero attached hydrogens (tertiary/aromatic N) is 8. The lowest BCUT2D eigenvalue weighted by Gasteiger charge is -2.34. The van der Waals surface area contributed by atoms with Crippen molar-refractivity contribution in [3.8, 4) is 0 Å². The normalized spacial score (nSPS) is 31.2. The molecule has 6 unspecified atom stereocenters. The van der Waals surface area contributed by atoms with Gasteiger partial charge in [0.05, 0.1) is 38.5 Å². The van der Waals surface area contributed by atoms with E-state index in [1.54, 1.807) is 30.7 Å². The van der Waals surface area contributed by atoms with Crippen molar-refractivity contribution in [1.82, 2.24) is 29.1 Å². The summed E-state index contributed by atoms with van der Waals surface area (Å²) in [6.45, 7) is 4.94. The molecule has 19 nitrogen and oxygen atoms in total. The topological polar surface area (TPSA) is 231 Å². The monoisotopic (exact) mass is 788 g/mol. The van der Waals surface area contributed by atoms with Gasteiger partial charge in [0.15, 0.2) is 59.3 Å². The van der Waals surface area contributed by atoms with Gasteiger partial charge in [-0.25, -0.2) is 29.3 Å². The molecule has 3 aromatic heterocycles. The number of alkyl halides is 1. The highest BCUT2D eigenvalue weighted by Crippen LogP contribution is 2.53. The molecular weight excluding hydrogens is 753 g/mol. The second-order valence-corrected chi connectivity index (χ2v) is 14.8. The minimum atomic E-state index is -2.43. The number of aromatic nitrogens is 6. The maximum absolute atomic E-state index is 15.3. The molecule has 3 aliphatic rings. The highest BCUT2D eigenvalue weighted by atomic mass is 32.7. The van der Waals surface area contributed by atoms with Crippen LogP contribution in [-0.2, 0) is 32.4 Å². The van der Waals surface area contributed by atoms with Gasteiger partial charge >= 0.3 is 14.5 Å². The molecule has 0 radical (unpaired) electrons. The van der Waals surface area contributed by atoms with Crippen molar-refractivity contribution in [3.63, 3.8) is 0 Å². The second-order valence-electron chi connectivity index (χ2n) is 11.4. The maximum atomic E-state index is 15.3. The molecule has 3 aliphatic heterocycles. The molecule has 3 saturated heterocycles. The van der Waals surface area contributed by atoms with E-state index in [9.17, 15) is 19.3 Å². The lowest BCUT2D eigenvalue weighted by molar-refractivity contribution is -0.216. The third-order valence-corrected chi connectivity index (χ3v) is 10.2. The van der Waals surface area contributed by atoms with Crippen molar-refractivity contribution in [1.29, 1.82) is 0 Å². The lowest BCUT2D eigenvalue weighted by Crippen LogP contribution is -2.49. The van der Waals surface area contributed by atoms with Crippen LogP contribution < -0.4 is 10.6 Å². The average Bonchev–Trinajstić information content (AvgIpc) is 3.91. The molecule has 2 bridgehead atoms. The smallest absolute Gasteiger partial charge is 0.394 e. The van der Waals surface area contributed by atoms with Gasteiger partial charge in [0.25, 0.3) is 0 Å². The summed E-state index contributed by atoms with van der Waals surface area (Å²) in [6, 6.07) is 0. The van der Waals surface area contributed by atoms with E-state index in [0.29, 0.717) is 29.4 Å². The van der Waals surface area contributed by atoms with E-state index < -0.39 is 82.4 Å². The van der Waals surface area contributed by atoms with Crippen LogP contribution in [0.25, 0.3) is 11.2 Å². The van der Waals surface area contributed by atoms with Gasteiger partial charge in [-0.3, -0.25) is 14.1 Å². The van der Waals surface area contributed by atoms with Gasteiger partial charge in [0.2, 0.25) is 0 Å². The largest absolute Gasteiger partial charge is 0.582 e. The first kappa shape index (κ1) is 37.7. The molecule has 274 valence electrons. The van der Waals surface area contributed by atoms with Crippen molar-refractivity contribution in [3.05, 3.63) is 36.8 Å². The highest BCUT2D eigenvalue weighted by Gasteiger charge is 2.69. The standard InChI is InChI=1S/C27H33FN10O9P2S2/c1-13-27(9-40)20(47-49(42)51)19(43-13)26(45-27)37-11-35-16(23(37)30-3)21(29-2)31-6-4-5-7-32-22-17-24(34-10-33-22)38(12-36-17)25-15(28)18(46-48(41)50)14(8-39)44-25/h4-5,10-15,18-20,25-26,30,39-40H,2,6-9H2,1,3H3,(H-2,32,33,34,41,42,50,51)/p+2/b5-4+,31-21?/t13-,14?,15+,18+,19+,20-,25?,26?,27?/m0/s1. The Morgan fingerprint density at radius 1 is 1.14 bits per heavy atom. The predicted molar refractivity (Wildman–Crippen MR) is 189 cm³/mol. The molecule has 0 aromatic carbocycles. The summed E-state index contributed by atoms with van der Waals surface area (Å²) in [4.78, 5) is 25.9. The Labute approximate surface area is 302 Å². The molecule has 0 amide bonds. The van der Waals surface area contributed by atoms with Crippen LogP contribution in [0.15, 0.2) is 41.1 Å². The fraction of sp³-hybridized carbons (Fsp3) is 0.556. The molecule has 51 heavy (non-hydrogen) atoms. The third kappa shape index (κ3) is 7.07. The summed E-state index contributed by atoms with van der Waals surface area (Å²) in [5.41, 5.74) is -0.243. The Balaban J connectivity index is 1.11. The minimum Gasteiger partial charge on any atom is -0.394 e. The Morgan fingerprint density at radius 2 is 1.90 bits per heavy atom. The molecule has 6 rings (SSSR count). The lowest BCUT2D eigenvalue weighted by atomic mass is 9.94. The van der Waals surface area contributed by atoms with Crippen LogP contribution in [0.5, 0.6) is 0 Å². The number of aliphatic imine (C=N–C) groups is 2. The Kier molecular flexibility index (Phi) is 11.8. The molecule has 3 fully saturated rings. The van der Waals surface area contributed by atoms with Gasteiger partial charge in [-0.1, -0.05) is 12.2 Å². The van der Waals surface area contributed by atoms with Crippen LogP contribution in [0.4, 0.5) is 16.0 Å². The van der Waals surface area contributed by atoms with E-state index in [2.05, 4.69) is 71.8 Å². The number of hydrogen-bond donors (Lipinski definition) is 6. The van der Waals surface area contributed by atoms with Gasteiger partial charge in [0, 0.05) is 13.6 Å². The summed E-state index contributed by atoms with van der Waals surface area (Å²) < 4.78 is 70.2. The summed E-state index contributed by atoms with van der Waals surface area (Å²) in [5, 5.41) is 26.1. The van der Waals surface area contributed by atoms with Crippen LogP contribution in [0, 0.1) is 0 Å². The first-order valence-electron chi connectivity index (χ1n) is 15.4. The number of thiol groups is 2. The zero-order chi connectivity index (χ0) is 36.4. The number of imidazole rings is 2. The summed E-state index contributed by atoms with van der Waals surface area (Å²) in [7, 11) is -3.04. The SMILES string of the molecule is C=NC(=NC/C=C/CNc1ncnc2c1ncn2C1OC(CO)[C@@H](O[P+](=O)S)[C@H]1F)c1ncn(C2OC3(CO)[C@H](C)O[C@@H]2[C@@H]3O[P+](=O)S)c1NC. The number of fused-ring (bicyclic) bond motifs is 3. The number of hydrogen-bond acceptors (Lipinski definition) is 16. The summed E-state index contributed by atoms with van der Waals surface area (Å²) >= 11 is 7.57. The number of rotatable bonds is 15. The van der Waals surface area contributed by atoms with Crippen LogP contribution in [0.2, 0.25) is 0 Å². The van der Waals surface area contributed by atoms with E-state index >= 15 is 4.39 Å². The Morgan fingerprint density at radius 3 is 2.59 bits per heavy atom. The number of amidine groups is 1. The van der Waals surface area contributed by atoms with Crippen molar-refractivity contribution in [2.45, 2.75) is 61.7 Å². The number of aliphatic hydroxyl groups is 2. The van der Waals surface area contributed by atoms with Gasteiger partial charge in [0.1, 0.15) is 54.5 Å². The number of nitrogens with one attached hydrogen (secondary N) is 2. The number of ether oxygens (including phenoxy) is 3. The molecule has 0 spiro atoms. The Hall–Kier alpha value is -3.01. The van der Waals surface area contributed by atoms with Crippen LogP contribution >= 0.6 is 39.0 Å². The molecule has 4 N–H and O–H groups in total. The minimum absolute atomic E-state index is 0.214. The van der Waals surface area contributed by atoms with Gasteiger partial charge < -0.3 is 35.1 Å². The van der Waals surface area contributed by atoms with E-state index in [0.717, 1.165) is 0 Å². The predicted octanol–water partition coefficient (Wildman–Crippen LogP) is 2.40. The van der Waals surface area contributed by atoms with Gasteiger partial charge in [-0.05, 0) is 22.8 Å². The van der Waals surface area contributed by atoms with Gasteiger partial charge in [-0.15, -0.1) is 9.05 Å². The zero-order valence-corrected chi connectivity index (χ0v) is 30.6. The number of anilines is 2. The fourth-order valence-corrected chi connectivity index (χ4v) is 7.98. The summed E-state index contributed by atoms with van der Waals surface area (Å²) in [6.07, 6.45) is -0.494.